The summed E-state index contributed by atoms with van der Waals surface area (Å²) >= 11 is 0. The van der Waals surface area contributed by atoms with E-state index in [0.29, 0.717) is 0 Å². The predicted octanol–water partition coefficient (Wildman–Crippen LogP) is -0.545. The Hall–Kier alpha value is -1.19. The molecule has 0 aromatic carbocycles. The van der Waals surface area contributed by atoms with Gasteiger partial charge in [0.15, 0.2) is 0 Å². The van der Waals surface area contributed by atoms with Crippen molar-refractivity contribution < 1.29 is 18.9 Å². The zero-order valence-electron chi connectivity index (χ0n) is 7.44. The summed E-state index contributed by atoms with van der Waals surface area (Å²) in [5.41, 5.74) is 1.74. The molecule has 0 saturated carbocycles. The molecule has 2 heterocycles. The summed E-state index contributed by atoms with van der Waals surface area (Å²) in [5.74, 6) is 2.77. The van der Waals surface area contributed by atoms with Crippen LogP contribution in [0.5, 0.6) is 0 Å². The minimum absolute atomic E-state index is 0. The van der Waals surface area contributed by atoms with Gasteiger partial charge in [0.2, 0.25) is 0 Å². The number of allylic oxidation sites excluding steroid dienone is 6. The maximum atomic E-state index is 4.17. The molecular formula is C10H7LiN2. The second-order valence-corrected chi connectivity index (χ2v) is 2.37. The maximum Gasteiger partial charge on any atom is 1.00 e. The summed E-state index contributed by atoms with van der Waals surface area (Å²) in [6.07, 6.45) is 13.1. The van der Waals surface area contributed by atoms with Crippen molar-refractivity contribution in [3.05, 3.63) is 59.4 Å². The molecule has 3 heteroatoms. The van der Waals surface area contributed by atoms with Crippen LogP contribution in [-0.4, -0.2) is 5.87 Å². The Kier molecular flexibility index (Phi) is 3.61. The summed E-state index contributed by atoms with van der Waals surface area (Å²) in [6.45, 7) is 0. The molecule has 2 nitrogen and oxygen atoms in total. The Bertz CT molecular complexity index is 366. The third kappa shape index (κ3) is 2.37. The molecule has 0 aromatic rings. The number of nitrogens with zero attached hydrogens (tertiary/aromatic N) is 2. The van der Waals surface area contributed by atoms with Crippen molar-refractivity contribution in [1.82, 2.24) is 0 Å². The standard InChI is InChI=1S/C10H7N2.Li/c1-3-7-11-9(5-1)10-6-2-4-8-12-10;/h1-7H;/q-1;+1/b10-9+;. The molecule has 2 aliphatic heterocycles. The largest absolute Gasteiger partial charge is 1.00 e. The van der Waals surface area contributed by atoms with Crippen LogP contribution in [0.3, 0.4) is 0 Å². The van der Waals surface area contributed by atoms with Crippen molar-refractivity contribution in [2.75, 3.05) is 0 Å². The van der Waals surface area contributed by atoms with Gasteiger partial charge >= 0.3 is 18.9 Å². The van der Waals surface area contributed by atoms with E-state index in [1.54, 1.807) is 12.3 Å². The third-order valence-electron chi connectivity index (χ3n) is 1.54. The maximum absolute atomic E-state index is 4.17. The zero-order valence-corrected chi connectivity index (χ0v) is 7.44. The van der Waals surface area contributed by atoms with E-state index in [4.69, 9.17) is 0 Å². The van der Waals surface area contributed by atoms with E-state index >= 15 is 0 Å². The molecule has 0 spiro atoms. The van der Waals surface area contributed by atoms with Crippen molar-refractivity contribution in [3.8, 4) is 0 Å². The predicted molar refractivity (Wildman–Crippen MR) is 49.8 cm³/mol. The number of rotatable bonds is 0. The molecule has 0 unspecified atom stereocenters. The van der Waals surface area contributed by atoms with E-state index in [1.807, 2.05) is 30.4 Å². The first-order valence-corrected chi connectivity index (χ1v) is 3.71. The van der Waals surface area contributed by atoms with Gasteiger partial charge < -0.3 is 5.32 Å². The van der Waals surface area contributed by atoms with Gasteiger partial charge in [-0.15, -0.1) is 5.70 Å². The second kappa shape index (κ2) is 4.74. The van der Waals surface area contributed by atoms with Crippen molar-refractivity contribution in [2.24, 2.45) is 4.99 Å². The first-order chi connectivity index (χ1) is 5.97. The van der Waals surface area contributed by atoms with Crippen LogP contribution < -0.4 is 18.9 Å². The Morgan fingerprint density at radius 3 is 2.69 bits per heavy atom. The van der Waals surface area contributed by atoms with Gasteiger partial charge in [0.25, 0.3) is 0 Å². The molecule has 0 atom stereocenters. The zero-order chi connectivity index (χ0) is 8.23. The van der Waals surface area contributed by atoms with Gasteiger partial charge in [-0.05, 0) is 18.0 Å². The Morgan fingerprint density at radius 1 is 1.15 bits per heavy atom. The van der Waals surface area contributed by atoms with Crippen LogP contribution in [0.4, 0.5) is 0 Å². The molecule has 2 rings (SSSR count). The van der Waals surface area contributed by atoms with Crippen molar-refractivity contribution in [2.45, 2.75) is 0 Å². The molecule has 0 bridgehead atoms. The van der Waals surface area contributed by atoms with Crippen molar-refractivity contribution >= 4 is 5.87 Å². The van der Waals surface area contributed by atoms with E-state index in [0.717, 1.165) is 11.4 Å². The fraction of sp³-hybridized carbons (Fsp3) is 0. The molecule has 2 aliphatic rings. The van der Waals surface area contributed by atoms with Crippen molar-refractivity contribution in [3.63, 3.8) is 0 Å². The molecule has 0 aliphatic carbocycles. The first-order valence-electron chi connectivity index (χ1n) is 3.71. The van der Waals surface area contributed by atoms with E-state index in [-0.39, 0.29) is 18.9 Å². The Balaban J connectivity index is 0.000000845. The summed E-state index contributed by atoms with van der Waals surface area (Å²) in [4.78, 5) is 4.06. The van der Waals surface area contributed by atoms with E-state index in [1.165, 1.54) is 0 Å². The quantitative estimate of drug-likeness (QED) is 0.427. The molecule has 0 amide bonds. The number of hydrogen-bond acceptors (Lipinski definition) is 1. The molecule has 58 valence electrons. The molecular weight excluding hydrogens is 155 g/mol. The van der Waals surface area contributed by atoms with Crippen LogP contribution in [0.2, 0.25) is 0 Å². The monoisotopic (exact) mass is 162 g/mol. The van der Waals surface area contributed by atoms with Crippen molar-refractivity contribution in [1.29, 1.82) is 0 Å². The molecule has 13 heavy (non-hydrogen) atoms. The van der Waals surface area contributed by atoms with Crippen LogP contribution in [-0.2, 0) is 0 Å². The normalized spacial score (nSPS) is 22.8. The van der Waals surface area contributed by atoms with Crippen LogP contribution in [0.1, 0.15) is 0 Å². The topological polar surface area (TPSA) is 26.5 Å². The van der Waals surface area contributed by atoms with Gasteiger partial charge in [0.05, 0.1) is 5.70 Å². The molecule has 0 aromatic heterocycles. The smallest absolute Gasteiger partial charge is 0.662 e. The van der Waals surface area contributed by atoms with Crippen LogP contribution in [0.15, 0.2) is 59.0 Å². The van der Waals surface area contributed by atoms with Gasteiger partial charge in [0, 0.05) is 0 Å². The molecule has 0 N–H and O–H groups in total. The van der Waals surface area contributed by atoms with Gasteiger partial charge in [-0.3, -0.25) is 0 Å². The fourth-order valence-electron chi connectivity index (χ4n) is 0.983. The average Bonchev–Trinajstić information content (AvgIpc) is 2.21. The first kappa shape index (κ1) is 9.89. The molecule has 0 fully saturated rings. The van der Waals surface area contributed by atoms with Crippen LogP contribution in [0, 0.1) is 0 Å². The van der Waals surface area contributed by atoms with E-state index in [2.05, 4.69) is 16.2 Å². The summed E-state index contributed by atoms with van der Waals surface area (Å²) < 4.78 is 0. The summed E-state index contributed by atoms with van der Waals surface area (Å²) in [6, 6.07) is 0. The third-order valence-corrected chi connectivity index (χ3v) is 1.54. The minimum Gasteiger partial charge on any atom is -0.662 e. The number of aliphatic imine (C=N–C) groups is 1. The summed E-state index contributed by atoms with van der Waals surface area (Å²) in [7, 11) is 0. The van der Waals surface area contributed by atoms with Gasteiger partial charge in [0.1, 0.15) is 0 Å². The SMILES string of the molecule is C1=CC=C/C(=C2/C=CC=C[N-]2)N=1.[Li+]. The molecule has 0 radical (unpaired) electrons. The second-order valence-electron chi connectivity index (χ2n) is 2.37. The summed E-state index contributed by atoms with van der Waals surface area (Å²) in [5, 5.41) is 4.17. The van der Waals surface area contributed by atoms with Gasteiger partial charge in [-0.2, -0.15) is 6.20 Å². The van der Waals surface area contributed by atoms with Gasteiger partial charge in [-0.25, -0.2) is 4.99 Å². The Labute approximate surface area is 89.3 Å². The Morgan fingerprint density at radius 2 is 2.08 bits per heavy atom. The van der Waals surface area contributed by atoms with E-state index < -0.39 is 0 Å². The number of hydrogen-bond donors (Lipinski definition) is 0. The van der Waals surface area contributed by atoms with E-state index in [9.17, 15) is 0 Å². The minimum atomic E-state index is 0. The van der Waals surface area contributed by atoms with Gasteiger partial charge in [-0.1, -0.05) is 24.3 Å². The van der Waals surface area contributed by atoms with Crippen LogP contribution in [0.25, 0.3) is 5.32 Å². The van der Waals surface area contributed by atoms with Crippen LogP contribution >= 0.6 is 0 Å². The molecule has 0 saturated heterocycles. The fourth-order valence-corrected chi connectivity index (χ4v) is 0.983. The average molecular weight is 162 g/mol.